The Morgan fingerprint density at radius 1 is 0.950 bits per heavy atom. The summed E-state index contributed by atoms with van der Waals surface area (Å²) in [6, 6.07) is 10.6. The minimum atomic E-state index is 0.677. The fraction of sp³-hybridized carbons (Fsp3) is 0.375. The Hall–Kier alpha value is -2.10. The van der Waals surface area contributed by atoms with Gasteiger partial charge in [-0.2, -0.15) is 4.98 Å². The molecule has 0 saturated heterocycles. The molecule has 4 nitrogen and oxygen atoms in total. The van der Waals surface area contributed by atoms with E-state index in [1.807, 2.05) is 19.9 Å². The molecule has 0 fully saturated rings. The quantitative estimate of drug-likeness (QED) is 0.844. The van der Waals surface area contributed by atoms with Gasteiger partial charge in [-0.15, -0.1) is 0 Å². The van der Waals surface area contributed by atoms with Gasteiger partial charge in [-0.1, -0.05) is 31.2 Å². The van der Waals surface area contributed by atoms with Crippen molar-refractivity contribution in [3.05, 3.63) is 47.2 Å². The fourth-order valence-corrected chi connectivity index (χ4v) is 1.98. The molecule has 106 valence electrons. The van der Waals surface area contributed by atoms with Crippen LogP contribution in [0, 0.1) is 6.92 Å². The second-order valence-electron chi connectivity index (χ2n) is 4.77. The summed E-state index contributed by atoms with van der Waals surface area (Å²) in [4.78, 5) is 8.78. The van der Waals surface area contributed by atoms with Crippen LogP contribution in [0.4, 0.5) is 11.8 Å². The van der Waals surface area contributed by atoms with Crippen LogP contribution in [0.5, 0.6) is 0 Å². The molecular weight excluding hydrogens is 248 g/mol. The molecule has 0 aliphatic carbocycles. The van der Waals surface area contributed by atoms with Gasteiger partial charge in [0.15, 0.2) is 0 Å². The molecule has 1 aromatic heterocycles. The third kappa shape index (κ3) is 3.95. The van der Waals surface area contributed by atoms with E-state index < -0.39 is 0 Å². The molecule has 2 aromatic rings. The SMILES string of the molecule is CCNc1nc(C)cc(NCc2ccc(CC)cc2)n1. The first-order valence-corrected chi connectivity index (χ1v) is 7.12. The summed E-state index contributed by atoms with van der Waals surface area (Å²) >= 11 is 0. The Balaban J connectivity index is 2.02. The van der Waals surface area contributed by atoms with Crippen LogP contribution < -0.4 is 10.6 Å². The monoisotopic (exact) mass is 270 g/mol. The predicted molar refractivity (Wildman–Crippen MR) is 84.1 cm³/mol. The molecule has 0 spiro atoms. The van der Waals surface area contributed by atoms with Crippen LogP contribution in [-0.4, -0.2) is 16.5 Å². The van der Waals surface area contributed by atoms with Crippen molar-refractivity contribution in [2.75, 3.05) is 17.2 Å². The van der Waals surface area contributed by atoms with E-state index in [0.29, 0.717) is 5.95 Å². The smallest absolute Gasteiger partial charge is 0.224 e. The highest BCUT2D eigenvalue weighted by Crippen LogP contribution is 2.12. The zero-order valence-electron chi connectivity index (χ0n) is 12.4. The first kappa shape index (κ1) is 14.3. The number of aromatic nitrogens is 2. The van der Waals surface area contributed by atoms with Gasteiger partial charge in [0.05, 0.1) is 0 Å². The van der Waals surface area contributed by atoms with Crippen LogP contribution in [0.2, 0.25) is 0 Å². The summed E-state index contributed by atoms with van der Waals surface area (Å²) in [6.45, 7) is 7.77. The minimum absolute atomic E-state index is 0.677. The van der Waals surface area contributed by atoms with E-state index in [9.17, 15) is 0 Å². The third-order valence-electron chi connectivity index (χ3n) is 3.09. The van der Waals surface area contributed by atoms with Crippen molar-refractivity contribution >= 4 is 11.8 Å². The number of nitrogens with one attached hydrogen (secondary N) is 2. The largest absolute Gasteiger partial charge is 0.366 e. The summed E-state index contributed by atoms with van der Waals surface area (Å²) in [5.74, 6) is 1.53. The number of benzene rings is 1. The van der Waals surface area contributed by atoms with E-state index in [-0.39, 0.29) is 0 Å². The maximum atomic E-state index is 4.44. The molecular formula is C16H22N4. The normalized spacial score (nSPS) is 10.3. The lowest BCUT2D eigenvalue weighted by Crippen LogP contribution is -2.07. The second kappa shape index (κ2) is 6.89. The zero-order chi connectivity index (χ0) is 14.4. The Labute approximate surface area is 120 Å². The molecule has 0 unspecified atom stereocenters. The van der Waals surface area contributed by atoms with Gasteiger partial charge < -0.3 is 10.6 Å². The molecule has 0 aliphatic rings. The van der Waals surface area contributed by atoms with Crippen LogP contribution in [0.3, 0.4) is 0 Å². The molecule has 1 heterocycles. The highest BCUT2D eigenvalue weighted by atomic mass is 15.1. The summed E-state index contributed by atoms with van der Waals surface area (Å²) in [6.07, 6.45) is 1.07. The summed E-state index contributed by atoms with van der Waals surface area (Å²) in [7, 11) is 0. The lowest BCUT2D eigenvalue weighted by molar-refractivity contribution is 1.03. The third-order valence-corrected chi connectivity index (χ3v) is 3.09. The maximum absolute atomic E-state index is 4.44. The average molecular weight is 270 g/mol. The molecule has 2 rings (SSSR count). The van der Waals surface area contributed by atoms with Crippen molar-refractivity contribution in [1.82, 2.24) is 9.97 Å². The number of hydrogen-bond donors (Lipinski definition) is 2. The highest BCUT2D eigenvalue weighted by molar-refractivity contribution is 5.42. The molecule has 4 heteroatoms. The Morgan fingerprint density at radius 3 is 2.30 bits per heavy atom. The van der Waals surface area contributed by atoms with Gasteiger partial charge in [0, 0.05) is 24.8 Å². The number of aryl methyl sites for hydroxylation is 2. The minimum Gasteiger partial charge on any atom is -0.366 e. The Morgan fingerprint density at radius 2 is 1.65 bits per heavy atom. The van der Waals surface area contributed by atoms with Crippen molar-refractivity contribution in [2.45, 2.75) is 33.7 Å². The lowest BCUT2D eigenvalue weighted by Gasteiger charge is -2.09. The van der Waals surface area contributed by atoms with Crippen LogP contribution in [-0.2, 0) is 13.0 Å². The van der Waals surface area contributed by atoms with Crippen LogP contribution in [0.25, 0.3) is 0 Å². The topological polar surface area (TPSA) is 49.8 Å². The van der Waals surface area contributed by atoms with Crippen LogP contribution in [0.1, 0.15) is 30.7 Å². The van der Waals surface area contributed by atoms with Gasteiger partial charge in [0.1, 0.15) is 5.82 Å². The average Bonchev–Trinajstić information content (AvgIpc) is 2.45. The number of rotatable bonds is 6. The molecule has 0 aliphatic heterocycles. The van der Waals surface area contributed by atoms with Crippen molar-refractivity contribution in [2.24, 2.45) is 0 Å². The van der Waals surface area contributed by atoms with E-state index in [1.165, 1.54) is 11.1 Å². The second-order valence-corrected chi connectivity index (χ2v) is 4.77. The lowest BCUT2D eigenvalue weighted by atomic mass is 10.1. The molecule has 0 atom stereocenters. The van der Waals surface area contributed by atoms with Crippen molar-refractivity contribution in [1.29, 1.82) is 0 Å². The van der Waals surface area contributed by atoms with Crippen molar-refractivity contribution in [3.63, 3.8) is 0 Å². The van der Waals surface area contributed by atoms with E-state index in [2.05, 4.69) is 51.8 Å². The summed E-state index contributed by atoms with van der Waals surface area (Å²) < 4.78 is 0. The summed E-state index contributed by atoms with van der Waals surface area (Å²) in [5, 5.41) is 6.49. The summed E-state index contributed by atoms with van der Waals surface area (Å²) in [5.41, 5.74) is 3.57. The zero-order valence-corrected chi connectivity index (χ0v) is 12.4. The van der Waals surface area contributed by atoms with Gasteiger partial charge in [-0.05, 0) is 31.4 Å². The van der Waals surface area contributed by atoms with E-state index in [4.69, 9.17) is 0 Å². The van der Waals surface area contributed by atoms with Crippen molar-refractivity contribution in [3.8, 4) is 0 Å². The van der Waals surface area contributed by atoms with Crippen molar-refractivity contribution < 1.29 is 0 Å². The molecule has 2 N–H and O–H groups in total. The maximum Gasteiger partial charge on any atom is 0.224 e. The van der Waals surface area contributed by atoms with Gasteiger partial charge in [-0.25, -0.2) is 4.98 Å². The Kier molecular flexibility index (Phi) is 4.93. The Bertz CT molecular complexity index is 549. The van der Waals surface area contributed by atoms with Gasteiger partial charge >= 0.3 is 0 Å². The highest BCUT2D eigenvalue weighted by Gasteiger charge is 2.01. The molecule has 1 aromatic carbocycles. The standard InChI is InChI=1S/C16H22N4/c1-4-13-6-8-14(9-7-13)11-18-15-10-12(3)19-16(20-15)17-5-2/h6-10H,4-5,11H2,1-3H3,(H2,17,18,19,20). The van der Waals surface area contributed by atoms with Crippen LogP contribution >= 0.6 is 0 Å². The van der Waals surface area contributed by atoms with E-state index >= 15 is 0 Å². The van der Waals surface area contributed by atoms with E-state index in [1.54, 1.807) is 0 Å². The number of nitrogens with zero attached hydrogens (tertiary/aromatic N) is 2. The van der Waals surface area contributed by atoms with Gasteiger partial charge in [0.25, 0.3) is 0 Å². The molecule has 20 heavy (non-hydrogen) atoms. The number of hydrogen-bond acceptors (Lipinski definition) is 4. The van der Waals surface area contributed by atoms with Gasteiger partial charge in [0.2, 0.25) is 5.95 Å². The van der Waals surface area contributed by atoms with Gasteiger partial charge in [-0.3, -0.25) is 0 Å². The first-order chi connectivity index (χ1) is 9.71. The molecule has 0 amide bonds. The van der Waals surface area contributed by atoms with Crippen LogP contribution in [0.15, 0.2) is 30.3 Å². The fourth-order valence-electron chi connectivity index (χ4n) is 1.98. The number of anilines is 2. The molecule has 0 radical (unpaired) electrons. The first-order valence-electron chi connectivity index (χ1n) is 7.12. The molecule has 0 saturated carbocycles. The molecule has 0 bridgehead atoms. The predicted octanol–water partition coefficient (Wildman–Crippen LogP) is 3.39. The van der Waals surface area contributed by atoms with E-state index in [0.717, 1.165) is 31.0 Å².